The van der Waals surface area contributed by atoms with Gasteiger partial charge in [0.05, 0.1) is 4.90 Å². The Morgan fingerprint density at radius 3 is 2.35 bits per heavy atom. The van der Waals surface area contributed by atoms with E-state index in [0.29, 0.717) is 11.0 Å². The van der Waals surface area contributed by atoms with Gasteiger partial charge in [-0.15, -0.1) is 0 Å². The fourth-order valence-corrected chi connectivity index (χ4v) is 4.82. The lowest BCUT2D eigenvalue weighted by molar-refractivity contribution is 0.400. The van der Waals surface area contributed by atoms with Gasteiger partial charge in [0, 0.05) is 36.9 Å². The van der Waals surface area contributed by atoms with E-state index >= 15 is 0 Å². The van der Waals surface area contributed by atoms with Gasteiger partial charge in [0.2, 0.25) is 10.0 Å². The van der Waals surface area contributed by atoms with E-state index in [1.54, 1.807) is 24.5 Å². The van der Waals surface area contributed by atoms with E-state index < -0.39 is 15.6 Å². The molecule has 0 amide bonds. The average molecular weight is 435 g/mol. The van der Waals surface area contributed by atoms with Gasteiger partial charge in [-0.05, 0) is 53.4 Å². The Labute approximate surface area is 180 Å². The van der Waals surface area contributed by atoms with Gasteiger partial charge in [-0.3, -0.25) is 4.98 Å². The van der Waals surface area contributed by atoms with Crippen LogP contribution in [0.3, 0.4) is 0 Å². The molecule has 0 spiro atoms. The number of hydrogen-bond acceptors (Lipinski definition) is 5. The summed E-state index contributed by atoms with van der Waals surface area (Å²) in [6.07, 6.45) is 4.24. The van der Waals surface area contributed by atoms with Gasteiger partial charge in [-0.1, -0.05) is 37.3 Å². The summed E-state index contributed by atoms with van der Waals surface area (Å²) in [6, 6.07) is 18.9. The molecule has 0 unspecified atom stereocenters. The maximum atomic E-state index is 13.6. The van der Waals surface area contributed by atoms with Crippen LogP contribution in [-0.4, -0.2) is 17.7 Å². The molecule has 7 heteroatoms. The summed E-state index contributed by atoms with van der Waals surface area (Å²) in [6.45, 7) is 2.49. The molecule has 0 aliphatic rings. The zero-order valence-corrected chi connectivity index (χ0v) is 17.9. The zero-order chi connectivity index (χ0) is 21.8. The van der Waals surface area contributed by atoms with Gasteiger partial charge in [-0.25, -0.2) is 13.2 Å². The second kappa shape index (κ2) is 8.83. The molecule has 0 N–H and O–H groups in total. The first kappa shape index (κ1) is 21.0. The summed E-state index contributed by atoms with van der Waals surface area (Å²) < 4.78 is 33.7. The van der Waals surface area contributed by atoms with E-state index in [1.165, 1.54) is 34.1 Å². The molecule has 0 aliphatic carbocycles. The highest BCUT2D eigenvalue weighted by Crippen LogP contribution is 2.24. The minimum Gasteiger partial charge on any atom is -0.423 e. The molecule has 2 aromatic heterocycles. The molecule has 0 saturated heterocycles. The number of aryl methyl sites for hydroxylation is 1. The Morgan fingerprint density at radius 1 is 0.903 bits per heavy atom. The van der Waals surface area contributed by atoms with E-state index in [1.807, 2.05) is 30.3 Å². The summed E-state index contributed by atoms with van der Waals surface area (Å²) in [7, 11) is -3.83. The van der Waals surface area contributed by atoms with Crippen LogP contribution in [0.5, 0.6) is 0 Å². The van der Waals surface area contributed by atoms with Crippen molar-refractivity contribution < 1.29 is 12.8 Å². The molecule has 4 aromatic rings. The largest absolute Gasteiger partial charge is 0.423 e. The number of sulfonamides is 1. The summed E-state index contributed by atoms with van der Waals surface area (Å²) in [5.74, 6) is 0. The normalized spacial score (nSPS) is 11.8. The third kappa shape index (κ3) is 4.73. The van der Waals surface area contributed by atoms with Crippen molar-refractivity contribution in [3.05, 3.63) is 106 Å². The minimum atomic E-state index is -3.83. The quantitative estimate of drug-likeness (QED) is 0.408. The SMILES string of the molecule is CCc1ccc(CN(Cc2cccnc2)S(=O)(=O)c2ccc3oc(=O)ccc3c2)cc1. The molecule has 0 fully saturated rings. The van der Waals surface area contributed by atoms with Crippen LogP contribution in [0, 0.1) is 0 Å². The molecule has 0 radical (unpaired) electrons. The molecule has 4 rings (SSSR count). The number of pyridine rings is 1. The Hall–Kier alpha value is -3.29. The molecule has 158 valence electrons. The van der Waals surface area contributed by atoms with Crippen molar-refractivity contribution in [2.75, 3.05) is 0 Å². The third-order valence-corrected chi connectivity index (χ3v) is 6.89. The lowest BCUT2D eigenvalue weighted by Crippen LogP contribution is -2.30. The van der Waals surface area contributed by atoms with Gasteiger partial charge in [0.1, 0.15) is 5.58 Å². The number of fused-ring (bicyclic) bond motifs is 1. The number of rotatable bonds is 7. The molecule has 2 heterocycles. The Bertz CT molecular complexity index is 1350. The maximum Gasteiger partial charge on any atom is 0.336 e. The Balaban J connectivity index is 1.73. The third-order valence-electron chi connectivity index (χ3n) is 5.10. The van der Waals surface area contributed by atoms with Crippen molar-refractivity contribution in [3.8, 4) is 0 Å². The molecule has 6 nitrogen and oxygen atoms in total. The highest BCUT2D eigenvalue weighted by atomic mass is 32.2. The second-order valence-corrected chi connectivity index (χ2v) is 9.20. The van der Waals surface area contributed by atoms with Crippen molar-refractivity contribution in [2.24, 2.45) is 0 Å². The first-order chi connectivity index (χ1) is 15.0. The molecule has 0 bridgehead atoms. The molecule has 0 aliphatic heterocycles. The first-order valence-electron chi connectivity index (χ1n) is 9.96. The van der Waals surface area contributed by atoms with E-state index in [-0.39, 0.29) is 18.0 Å². The highest BCUT2D eigenvalue weighted by Gasteiger charge is 2.25. The van der Waals surface area contributed by atoms with Crippen molar-refractivity contribution >= 4 is 21.0 Å². The smallest absolute Gasteiger partial charge is 0.336 e. The maximum absolute atomic E-state index is 13.6. The number of nitrogens with zero attached hydrogens (tertiary/aromatic N) is 2. The van der Waals surface area contributed by atoms with Crippen molar-refractivity contribution in [2.45, 2.75) is 31.3 Å². The zero-order valence-electron chi connectivity index (χ0n) is 17.1. The lowest BCUT2D eigenvalue weighted by Gasteiger charge is -2.23. The van der Waals surface area contributed by atoms with Crippen LogP contribution in [0.15, 0.2) is 93.2 Å². The first-order valence-corrected chi connectivity index (χ1v) is 11.4. The van der Waals surface area contributed by atoms with Gasteiger partial charge in [-0.2, -0.15) is 4.31 Å². The molecule has 31 heavy (non-hydrogen) atoms. The van der Waals surface area contributed by atoms with Crippen LogP contribution >= 0.6 is 0 Å². The number of aromatic nitrogens is 1. The molecular formula is C24H22N2O4S. The Kier molecular flexibility index (Phi) is 5.97. The summed E-state index contributed by atoms with van der Waals surface area (Å²) >= 11 is 0. The van der Waals surface area contributed by atoms with Crippen molar-refractivity contribution in [1.29, 1.82) is 0 Å². The summed E-state index contributed by atoms with van der Waals surface area (Å²) in [4.78, 5) is 15.7. The van der Waals surface area contributed by atoms with E-state index in [9.17, 15) is 13.2 Å². The lowest BCUT2D eigenvalue weighted by atomic mass is 10.1. The van der Waals surface area contributed by atoms with E-state index in [2.05, 4.69) is 11.9 Å². The fraction of sp³-hybridized carbons (Fsp3) is 0.167. The second-order valence-electron chi connectivity index (χ2n) is 7.26. The van der Waals surface area contributed by atoms with Crippen LogP contribution < -0.4 is 5.63 Å². The van der Waals surface area contributed by atoms with Gasteiger partial charge >= 0.3 is 5.63 Å². The highest BCUT2D eigenvalue weighted by molar-refractivity contribution is 7.89. The predicted octanol–water partition coefficient (Wildman–Crippen LogP) is 4.14. The molecule has 0 atom stereocenters. The van der Waals surface area contributed by atoms with Crippen LogP contribution in [0.2, 0.25) is 0 Å². The number of benzene rings is 2. The van der Waals surface area contributed by atoms with Crippen LogP contribution in [-0.2, 0) is 29.5 Å². The summed E-state index contributed by atoms with van der Waals surface area (Å²) in [5.41, 5.74) is 2.76. The van der Waals surface area contributed by atoms with E-state index in [0.717, 1.165) is 17.5 Å². The van der Waals surface area contributed by atoms with Gasteiger partial charge in [0.15, 0.2) is 0 Å². The standard InChI is InChI=1S/C24H22N2O4S/c1-2-18-5-7-19(8-6-18)16-26(17-20-4-3-13-25-15-20)31(28,29)22-10-11-23-21(14-22)9-12-24(27)30-23/h3-15H,2,16-17H2,1H3. The van der Waals surface area contributed by atoms with Crippen LogP contribution in [0.4, 0.5) is 0 Å². The van der Waals surface area contributed by atoms with Crippen molar-refractivity contribution in [3.63, 3.8) is 0 Å². The predicted molar refractivity (Wildman–Crippen MR) is 119 cm³/mol. The average Bonchev–Trinajstić information content (AvgIpc) is 2.79. The van der Waals surface area contributed by atoms with E-state index in [4.69, 9.17) is 4.42 Å². The number of hydrogen-bond donors (Lipinski definition) is 0. The minimum absolute atomic E-state index is 0.142. The van der Waals surface area contributed by atoms with Crippen LogP contribution in [0.25, 0.3) is 11.0 Å². The summed E-state index contributed by atoms with van der Waals surface area (Å²) in [5, 5.41) is 0.550. The monoisotopic (exact) mass is 434 g/mol. The molecular weight excluding hydrogens is 412 g/mol. The Morgan fingerprint density at radius 2 is 1.65 bits per heavy atom. The van der Waals surface area contributed by atoms with Crippen molar-refractivity contribution in [1.82, 2.24) is 9.29 Å². The fourth-order valence-electron chi connectivity index (χ4n) is 3.36. The topological polar surface area (TPSA) is 80.5 Å². The van der Waals surface area contributed by atoms with Crippen LogP contribution in [0.1, 0.15) is 23.6 Å². The van der Waals surface area contributed by atoms with Gasteiger partial charge < -0.3 is 4.42 Å². The molecule has 2 aromatic carbocycles. The molecule has 0 saturated carbocycles. The van der Waals surface area contributed by atoms with Gasteiger partial charge in [0.25, 0.3) is 0 Å².